The van der Waals surface area contributed by atoms with Crippen LogP contribution in [-0.2, 0) is 4.74 Å². The molecule has 3 unspecified atom stereocenters. The van der Waals surface area contributed by atoms with E-state index in [0.717, 1.165) is 31.2 Å². The van der Waals surface area contributed by atoms with Crippen molar-refractivity contribution in [2.75, 3.05) is 19.8 Å². The second kappa shape index (κ2) is 9.67. The Labute approximate surface area is 122 Å². The molecule has 20 heavy (non-hydrogen) atoms. The van der Waals surface area contributed by atoms with Crippen molar-refractivity contribution in [2.24, 2.45) is 17.8 Å². The molecule has 0 aromatic carbocycles. The van der Waals surface area contributed by atoms with E-state index in [1.54, 1.807) is 0 Å². The van der Waals surface area contributed by atoms with Crippen molar-refractivity contribution >= 4 is 0 Å². The number of ether oxygens (including phenoxy) is 1. The summed E-state index contributed by atoms with van der Waals surface area (Å²) in [5.41, 5.74) is 0. The molecule has 120 valence electrons. The zero-order valence-corrected chi connectivity index (χ0v) is 13.2. The van der Waals surface area contributed by atoms with E-state index in [1.807, 2.05) is 0 Å². The second-order valence-electron chi connectivity index (χ2n) is 6.49. The molecule has 0 radical (unpaired) electrons. The number of hydrogen-bond acceptors (Lipinski definition) is 2. The van der Waals surface area contributed by atoms with Crippen molar-refractivity contribution in [1.29, 1.82) is 0 Å². The Morgan fingerprint density at radius 1 is 1.15 bits per heavy atom. The van der Waals surface area contributed by atoms with Crippen molar-refractivity contribution in [3.63, 3.8) is 0 Å². The Kier molecular flexibility index (Phi) is 8.62. The Morgan fingerprint density at radius 2 is 1.80 bits per heavy atom. The van der Waals surface area contributed by atoms with Gasteiger partial charge in [-0.25, -0.2) is 8.78 Å². The van der Waals surface area contributed by atoms with Gasteiger partial charge in [-0.1, -0.05) is 20.8 Å². The van der Waals surface area contributed by atoms with Crippen LogP contribution < -0.4 is 5.32 Å². The standard InChI is InChI=1S/C16H31F2NO/c1-4-6-19-15(5-7-20-11-16(17)18)14-9-12(2)8-13(3)10-14/h12-16,19H,4-11H2,1-3H3. The number of halogens is 2. The largest absolute Gasteiger partial charge is 0.375 e. The SMILES string of the molecule is CCCNC(CCOCC(F)F)C1CC(C)CC(C)C1. The van der Waals surface area contributed by atoms with E-state index < -0.39 is 13.0 Å². The fourth-order valence-corrected chi connectivity index (χ4v) is 3.55. The van der Waals surface area contributed by atoms with Crippen molar-refractivity contribution in [1.82, 2.24) is 5.32 Å². The van der Waals surface area contributed by atoms with Gasteiger partial charge in [-0.15, -0.1) is 0 Å². The van der Waals surface area contributed by atoms with Crippen molar-refractivity contribution in [3.05, 3.63) is 0 Å². The number of hydrogen-bond donors (Lipinski definition) is 1. The first-order valence-electron chi connectivity index (χ1n) is 8.12. The number of nitrogens with one attached hydrogen (secondary N) is 1. The first-order valence-corrected chi connectivity index (χ1v) is 8.12. The van der Waals surface area contributed by atoms with E-state index >= 15 is 0 Å². The Balaban J connectivity index is 2.41. The highest BCUT2D eigenvalue weighted by atomic mass is 19.3. The van der Waals surface area contributed by atoms with Crippen LogP contribution in [0.1, 0.15) is 52.9 Å². The molecule has 2 nitrogen and oxygen atoms in total. The molecule has 0 heterocycles. The molecule has 0 bridgehead atoms. The maximum Gasteiger partial charge on any atom is 0.261 e. The van der Waals surface area contributed by atoms with E-state index in [2.05, 4.69) is 26.1 Å². The molecule has 1 rings (SSSR count). The van der Waals surface area contributed by atoms with Crippen molar-refractivity contribution < 1.29 is 13.5 Å². The summed E-state index contributed by atoms with van der Waals surface area (Å²) in [4.78, 5) is 0. The predicted molar refractivity (Wildman–Crippen MR) is 79.2 cm³/mol. The van der Waals surface area contributed by atoms with E-state index in [0.29, 0.717) is 18.6 Å². The van der Waals surface area contributed by atoms with Gasteiger partial charge >= 0.3 is 0 Å². The molecule has 3 atom stereocenters. The van der Waals surface area contributed by atoms with Gasteiger partial charge in [-0.05, 0) is 56.4 Å². The topological polar surface area (TPSA) is 21.3 Å². The van der Waals surface area contributed by atoms with Crippen LogP contribution in [0.5, 0.6) is 0 Å². The van der Waals surface area contributed by atoms with Crippen LogP contribution in [0.4, 0.5) is 8.78 Å². The highest BCUT2D eigenvalue weighted by Gasteiger charge is 2.29. The van der Waals surface area contributed by atoms with Crippen LogP contribution >= 0.6 is 0 Å². The maximum atomic E-state index is 12.1. The summed E-state index contributed by atoms with van der Waals surface area (Å²) >= 11 is 0. The molecule has 1 saturated carbocycles. The van der Waals surface area contributed by atoms with E-state index in [9.17, 15) is 8.78 Å². The summed E-state index contributed by atoms with van der Waals surface area (Å²) in [5.74, 6) is 2.21. The highest BCUT2D eigenvalue weighted by molar-refractivity contribution is 4.83. The maximum absolute atomic E-state index is 12.1. The fourth-order valence-electron chi connectivity index (χ4n) is 3.55. The average molecular weight is 291 g/mol. The molecule has 4 heteroatoms. The van der Waals surface area contributed by atoms with Gasteiger partial charge in [0.15, 0.2) is 0 Å². The molecule has 1 fully saturated rings. The third-order valence-corrected chi connectivity index (χ3v) is 4.26. The molecule has 0 aromatic heterocycles. The Morgan fingerprint density at radius 3 is 2.35 bits per heavy atom. The minimum atomic E-state index is -2.35. The van der Waals surface area contributed by atoms with E-state index in [1.165, 1.54) is 19.3 Å². The number of alkyl halides is 2. The fraction of sp³-hybridized carbons (Fsp3) is 1.00. The summed E-state index contributed by atoms with van der Waals surface area (Å²) < 4.78 is 29.2. The van der Waals surface area contributed by atoms with Gasteiger partial charge in [0.2, 0.25) is 0 Å². The zero-order valence-electron chi connectivity index (χ0n) is 13.2. The third kappa shape index (κ3) is 6.98. The van der Waals surface area contributed by atoms with Crippen LogP contribution in [0.3, 0.4) is 0 Å². The van der Waals surface area contributed by atoms with E-state index in [-0.39, 0.29) is 0 Å². The summed E-state index contributed by atoms with van der Waals surface area (Å²) in [7, 11) is 0. The Hall–Kier alpha value is -0.220. The summed E-state index contributed by atoms with van der Waals surface area (Å²) in [6, 6.07) is 0.415. The Bertz CT molecular complexity index is 241. The van der Waals surface area contributed by atoms with Gasteiger partial charge in [0, 0.05) is 12.6 Å². The lowest BCUT2D eigenvalue weighted by atomic mass is 9.73. The van der Waals surface area contributed by atoms with Crippen LogP contribution in [0.25, 0.3) is 0 Å². The van der Waals surface area contributed by atoms with Gasteiger partial charge in [-0.2, -0.15) is 0 Å². The first kappa shape index (κ1) is 17.8. The highest BCUT2D eigenvalue weighted by Crippen LogP contribution is 2.35. The van der Waals surface area contributed by atoms with Gasteiger partial charge < -0.3 is 10.1 Å². The van der Waals surface area contributed by atoms with E-state index in [4.69, 9.17) is 4.74 Å². The lowest BCUT2D eigenvalue weighted by Gasteiger charge is -2.37. The first-order chi connectivity index (χ1) is 9.52. The molecule has 0 amide bonds. The van der Waals surface area contributed by atoms with Crippen LogP contribution in [-0.4, -0.2) is 32.2 Å². The number of rotatable bonds is 9. The predicted octanol–water partition coefficient (Wildman–Crippen LogP) is 4.10. The summed E-state index contributed by atoms with van der Waals surface area (Å²) in [6.45, 7) is 7.81. The second-order valence-corrected chi connectivity index (χ2v) is 6.49. The summed E-state index contributed by atoms with van der Waals surface area (Å²) in [5, 5.41) is 3.60. The van der Waals surface area contributed by atoms with Gasteiger partial charge in [0.1, 0.15) is 6.61 Å². The zero-order chi connectivity index (χ0) is 15.0. The minimum absolute atomic E-state index is 0.415. The third-order valence-electron chi connectivity index (χ3n) is 4.26. The van der Waals surface area contributed by atoms with Crippen LogP contribution in [0.2, 0.25) is 0 Å². The normalized spacial score (nSPS) is 28.8. The van der Waals surface area contributed by atoms with Crippen LogP contribution in [0.15, 0.2) is 0 Å². The molecule has 0 spiro atoms. The smallest absolute Gasteiger partial charge is 0.261 e. The van der Waals surface area contributed by atoms with Crippen molar-refractivity contribution in [2.45, 2.75) is 65.3 Å². The lowest BCUT2D eigenvalue weighted by Crippen LogP contribution is -2.41. The summed E-state index contributed by atoms with van der Waals surface area (Å²) in [6.07, 6.45) is 3.41. The quantitative estimate of drug-likeness (QED) is 0.646. The molecular weight excluding hydrogens is 260 g/mol. The molecule has 0 saturated heterocycles. The van der Waals surface area contributed by atoms with Gasteiger partial charge in [0.25, 0.3) is 6.43 Å². The molecule has 0 aliphatic heterocycles. The molecule has 0 aromatic rings. The molecule has 1 aliphatic rings. The van der Waals surface area contributed by atoms with Crippen LogP contribution in [0, 0.1) is 17.8 Å². The van der Waals surface area contributed by atoms with Gasteiger partial charge in [0.05, 0.1) is 0 Å². The average Bonchev–Trinajstić information content (AvgIpc) is 2.36. The minimum Gasteiger partial charge on any atom is -0.375 e. The lowest BCUT2D eigenvalue weighted by molar-refractivity contribution is 0.0111. The molecule has 1 N–H and O–H groups in total. The van der Waals surface area contributed by atoms with Crippen molar-refractivity contribution in [3.8, 4) is 0 Å². The van der Waals surface area contributed by atoms with Gasteiger partial charge in [-0.3, -0.25) is 0 Å². The monoisotopic (exact) mass is 291 g/mol. The molecular formula is C16H31F2NO. The molecule has 1 aliphatic carbocycles.